The van der Waals surface area contributed by atoms with Crippen molar-refractivity contribution in [2.75, 3.05) is 6.61 Å². The zero-order valence-corrected chi connectivity index (χ0v) is 8.22. The smallest absolute Gasteiger partial charge is 0.184 e. The summed E-state index contributed by atoms with van der Waals surface area (Å²) in [5.74, 6) is 0. The SMILES string of the molecule is C[C@@H]1O[C@H](c2ccccc2)OC[C@H]1N. The minimum absolute atomic E-state index is 0.0186. The van der Waals surface area contributed by atoms with Crippen LogP contribution in [0.2, 0.25) is 0 Å². The first-order valence-electron chi connectivity index (χ1n) is 4.85. The van der Waals surface area contributed by atoms with Crippen LogP contribution < -0.4 is 5.73 Å². The predicted octanol–water partition coefficient (Wildman–Crippen LogP) is 1.45. The summed E-state index contributed by atoms with van der Waals surface area (Å²) in [7, 11) is 0. The van der Waals surface area contributed by atoms with Crippen molar-refractivity contribution in [2.24, 2.45) is 5.73 Å². The molecular formula is C11H15NO2. The number of hydrogen-bond acceptors (Lipinski definition) is 3. The van der Waals surface area contributed by atoms with Gasteiger partial charge in [-0.15, -0.1) is 0 Å². The van der Waals surface area contributed by atoms with Gasteiger partial charge in [0.15, 0.2) is 6.29 Å². The largest absolute Gasteiger partial charge is 0.347 e. The number of rotatable bonds is 1. The molecule has 0 unspecified atom stereocenters. The minimum Gasteiger partial charge on any atom is -0.347 e. The van der Waals surface area contributed by atoms with Gasteiger partial charge in [0.1, 0.15) is 0 Å². The second-order valence-corrected chi connectivity index (χ2v) is 3.58. The fourth-order valence-electron chi connectivity index (χ4n) is 1.45. The van der Waals surface area contributed by atoms with Crippen LogP contribution in [0, 0.1) is 0 Å². The third-order valence-electron chi connectivity index (χ3n) is 2.45. The molecule has 2 N–H and O–H groups in total. The predicted molar refractivity (Wildman–Crippen MR) is 53.7 cm³/mol. The van der Waals surface area contributed by atoms with Gasteiger partial charge in [0.2, 0.25) is 0 Å². The number of hydrogen-bond donors (Lipinski definition) is 1. The van der Waals surface area contributed by atoms with Crippen LogP contribution in [0.1, 0.15) is 18.8 Å². The minimum atomic E-state index is -0.258. The highest BCUT2D eigenvalue weighted by Crippen LogP contribution is 2.25. The van der Waals surface area contributed by atoms with E-state index >= 15 is 0 Å². The molecule has 0 amide bonds. The van der Waals surface area contributed by atoms with Gasteiger partial charge in [-0.2, -0.15) is 0 Å². The van der Waals surface area contributed by atoms with Crippen molar-refractivity contribution in [1.29, 1.82) is 0 Å². The van der Waals surface area contributed by atoms with Gasteiger partial charge < -0.3 is 15.2 Å². The molecule has 0 saturated carbocycles. The number of benzene rings is 1. The first-order valence-corrected chi connectivity index (χ1v) is 4.85. The monoisotopic (exact) mass is 193 g/mol. The summed E-state index contributed by atoms with van der Waals surface area (Å²) < 4.78 is 11.1. The van der Waals surface area contributed by atoms with Gasteiger partial charge in [-0.05, 0) is 6.92 Å². The van der Waals surface area contributed by atoms with Gasteiger partial charge in [0.25, 0.3) is 0 Å². The number of nitrogens with two attached hydrogens (primary N) is 1. The van der Waals surface area contributed by atoms with Crippen LogP contribution in [0.15, 0.2) is 30.3 Å². The van der Waals surface area contributed by atoms with Crippen molar-refractivity contribution in [3.05, 3.63) is 35.9 Å². The van der Waals surface area contributed by atoms with Crippen LogP contribution in [-0.2, 0) is 9.47 Å². The summed E-state index contributed by atoms with van der Waals surface area (Å²) in [5, 5.41) is 0. The third-order valence-corrected chi connectivity index (χ3v) is 2.45. The highest BCUT2D eigenvalue weighted by molar-refractivity contribution is 5.16. The van der Waals surface area contributed by atoms with Crippen LogP contribution in [0.5, 0.6) is 0 Å². The molecule has 0 spiro atoms. The Morgan fingerprint density at radius 1 is 1.29 bits per heavy atom. The highest BCUT2D eigenvalue weighted by Gasteiger charge is 2.26. The molecule has 3 nitrogen and oxygen atoms in total. The van der Waals surface area contributed by atoms with Crippen LogP contribution in [0.3, 0.4) is 0 Å². The van der Waals surface area contributed by atoms with Crippen LogP contribution >= 0.6 is 0 Å². The molecule has 1 aliphatic rings. The van der Waals surface area contributed by atoms with Crippen molar-refractivity contribution in [3.63, 3.8) is 0 Å². The lowest BCUT2D eigenvalue weighted by molar-refractivity contribution is -0.219. The van der Waals surface area contributed by atoms with Crippen molar-refractivity contribution < 1.29 is 9.47 Å². The Labute approximate surface area is 83.8 Å². The fourth-order valence-corrected chi connectivity index (χ4v) is 1.45. The Balaban J connectivity index is 2.07. The molecular weight excluding hydrogens is 178 g/mol. The van der Waals surface area contributed by atoms with Gasteiger partial charge in [-0.3, -0.25) is 0 Å². The standard InChI is InChI=1S/C11H15NO2/c1-8-10(12)7-13-11(14-8)9-5-3-2-4-6-9/h2-6,8,10-11H,7,12H2,1H3/t8-,10+,11+/m0/s1. The molecule has 0 aliphatic carbocycles. The van der Waals surface area contributed by atoms with E-state index in [9.17, 15) is 0 Å². The van der Waals surface area contributed by atoms with Gasteiger partial charge >= 0.3 is 0 Å². The molecule has 2 rings (SSSR count). The van der Waals surface area contributed by atoms with Crippen molar-refractivity contribution >= 4 is 0 Å². The van der Waals surface area contributed by atoms with E-state index in [2.05, 4.69) is 0 Å². The maximum Gasteiger partial charge on any atom is 0.184 e. The second kappa shape index (κ2) is 4.09. The maximum absolute atomic E-state index is 5.77. The molecule has 1 aromatic rings. The molecule has 0 bridgehead atoms. The van der Waals surface area contributed by atoms with E-state index in [0.29, 0.717) is 6.61 Å². The quantitative estimate of drug-likeness (QED) is 0.734. The van der Waals surface area contributed by atoms with Crippen molar-refractivity contribution in [1.82, 2.24) is 0 Å². The maximum atomic E-state index is 5.77. The molecule has 0 radical (unpaired) electrons. The average Bonchev–Trinajstić information content (AvgIpc) is 2.23. The highest BCUT2D eigenvalue weighted by atomic mass is 16.7. The summed E-state index contributed by atoms with van der Waals surface area (Å²) >= 11 is 0. The Morgan fingerprint density at radius 2 is 2.00 bits per heavy atom. The summed E-state index contributed by atoms with van der Waals surface area (Å²) in [4.78, 5) is 0. The van der Waals surface area contributed by atoms with E-state index < -0.39 is 0 Å². The first kappa shape index (κ1) is 9.65. The number of ether oxygens (including phenoxy) is 2. The molecule has 1 saturated heterocycles. The summed E-state index contributed by atoms with van der Waals surface area (Å²) in [6.07, 6.45) is -0.208. The molecule has 0 aromatic heterocycles. The van der Waals surface area contributed by atoms with Crippen molar-refractivity contribution in [2.45, 2.75) is 25.4 Å². The summed E-state index contributed by atoms with van der Waals surface area (Å²) in [5.41, 5.74) is 6.82. The fraction of sp³-hybridized carbons (Fsp3) is 0.455. The van der Waals surface area contributed by atoms with Crippen molar-refractivity contribution in [3.8, 4) is 0 Å². The van der Waals surface area contributed by atoms with E-state index in [4.69, 9.17) is 15.2 Å². The molecule has 1 aliphatic heterocycles. The lowest BCUT2D eigenvalue weighted by Crippen LogP contribution is -2.44. The topological polar surface area (TPSA) is 44.5 Å². The zero-order chi connectivity index (χ0) is 9.97. The molecule has 1 aromatic carbocycles. The Bertz CT molecular complexity index is 289. The van der Waals surface area contributed by atoms with E-state index in [1.807, 2.05) is 37.3 Å². The second-order valence-electron chi connectivity index (χ2n) is 3.58. The third kappa shape index (κ3) is 1.95. The average molecular weight is 193 g/mol. The van der Waals surface area contributed by atoms with Gasteiger partial charge in [-0.1, -0.05) is 30.3 Å². The lowest BCUT2D eigenvalue weighted by atomic mass is 10.1. The van der Waals surface area contributed by atoms with E-state index in [-0.39, 0.29) is 18.4 Å². The Hall–Kier alpha value is -0.900. The van der Waals surface area contributed by atoms with Gasteiger partial charge in [-0.25, -0.2) is 0 Å². The van der Waals surface area contributed by atoms with E-state index in [1.165, 1.54) is 0 Å². The van der Waals surface area contributed by atoms with E-state index in [0.717, 1.165) is 5.56 Å². The molecule has 1 heterocycles. The lowest BCUT2D eigenvalue weighted by Gasteiger charge is -2.32. The molecule has 3 heteroatoms. The first-order chi connectivity index (χ1) is 6.77. The van der Waals surface area contributed by atoms with Gasteiger partial charge in [0.05, 0.1) is 18.8 Å². The summed E-state index contributed by atoms with van der Waals surface area (Å²) in [6, 6.07) is 9.89. The van der Waals surface area contributed by atoms with Crippen LogP contribution in [0.25, 0.3) is 0 Å². The zero-order valence-electron chi connectivity index (χ0n) is 8.22. The van der Waals surface area contributed by atoms with Gasteiger partial charge in [0, 0.05) is 5.56 Å². The van der Waals surface area contributed by atoms with Crippen LogP contribution in [0.4, 0.5) is 0 Å². The summed E-state index contributed by atoms with van der Waals surface area (Å²) in [6.45, 7) is 2.53. The Morgan fingerprint density at radius 3 is 2.64 bits per heavy atom. The molecule has 1 fully saturated rings. The Kier molecular flexibility index (Phi) is 2.82. The normalized spacial score (nSPS) is 32.9. The molecule has 76 valence electrons. The van der Waals surface area contributed by atoms with Crippen LogP contribution in [-0.4, -0.2) is 18.8 Å². The molecule has 14 heavy (non-hydrogen) atoms. The molecule has 3 atom stereocenters. The van der Waals surface area contributed by atoms with E-state index in [1.54, 1.807) is 0 Å².